The van der Waals surface area contributed by atoms with E-state index in [4.69, 9.17) is 4.42 Å². The Bertz CT molecular complexity index is 1270. The zero-order chi connectivity index (χ0) is 20.8. The Labute approximate surface area is 172 Å². The maximum atomic E-state index is 14.4. The quantitative estimate of drug-likeness (QED) is 0.544. The lowest BCUT2D eigenvalue weighted by molar-refractivity contribution is 0.102. The molecule has 7 nitrogen and oxygen atoms in total. The van der Waals surface area contributed by atoms with Crippen molar-refractivity contribution in [2.24, 2.45) is 7.05 Å². The van der Waals surface area contributed by atoms with Gasteiger partial charge >= 0.3 is 0 Å². The Hall–Kier alpha value is -3.39. The van der Waals surface area contributed by atoms with E-state index in [1.807, 2.05) is 19.1 Å². The van der Waals surface area contributed by atoms with Crippen LogP contribution in [-0.4, -0.2) is 41.9 Å². The highest BCUT2D eigenvalue weighted by molar-refractivity contribution is 6.14. The lowest BCUT2D eigenvalue weighted by Crippen LogP contribution is -2.43. The maximum absolute atomic E-state index is 14.4. The van der Waals surface area contributed by atoms with Crippen molar-refractivity contribution < 1.29 is 13.6 Å². The monoisotopic (exact) mass is 407 g/mol. The van der Waals surface area contributed by atoms with Crippen molar-refractivity contribution in [1.82, 2.24) is 15.1 Å². The molecule has 1 amide bonds. The second kappa shape index (κ2) is 7.14. The molecule has 0 bridgehead atoms. The number of nitrogens with zero attached hydrogens (tertiary/aromatic N) is 3. The number of anilines is 2. The predicted octanol–water partition coefficient (Wildman–Crippen LogP) is 3.43. The first-order valence-electron chi connectivity index (χ1n) is 9.92. The van der Waals surface area contributed by atoms with Crippen LogP contribution < -0.4 is 15.5 Å². The van der Waals surface area contributed by atoms with Gasteiger partial charge < -0.3 is 20.0 Å². The molecule has 2 aromatic carbocycles. The van der Waals surface area contributed by atoms with E-state index in [1.165, 1.54) is 6.07 Å². The summed E-state index contributed by atoms with van der Waals surface area (Å²) in [4.78, 5) is 15.3. The number of carbonyl (C=O) groups excluding carboxylic acids is 1. The van der Waals surface area contributed by atoms with Gasteiger partial charge in [-0.3, -0.25) is 9.48 Å². The number of hydrogen-bond acceptors (Lipinski definition) is 5. The highest BCUT2D eigenvalue weighted by atomic mass is 19.1. The summed E-state index contributed by atoms with van der Waals surface area (Å²) < 4.78 is 21.8. The van der Waals surface area contributed by atoms with Crippen LogP contribution in [0.2, 0.25) is 0 Å². The van der Waals surface area contributed by atoms with Crippen LogP contribution in [0.5, 0.6) is 0 Å². The van der Waals surface area contributed by atoms with Crippen molar-refractivity contribution in [3.63, 3.8) is 0 Å². The second-order valence-electron chi connectivity index (χ2n) is 7.62. The summed E-state index contributed by atoms with van der Waals surface area (Å²) in [7, 11) is 1.73. The Balaban J connectivity index is 1.51. The van der Waals surface area contributed by atoms with Crippen LogP contribution in [0.15, 0.2) is 40.9 Å². The molecular weight excluding hydrogens is 385 g/mol. The van der Waals surface area contributed by atoms with Crippen LogP contribution in [0.4, 0.5) is 15.8 Å². The fourth-order valence-electron chi connectivity index (χ4n) is 4.06. The van der Waals surface area contributed by atoms with Gasteiger partial charge in [0.1, 0.15) is 17.2 Å². The number of nitrogens with one attached hydrogen (secondary N) is 2. The largest absolute Gasteiger partial charge is 0.460 e. The van der Waals surface area contributed by atoms with E-state index in [2.05, 4.69) is 20.6 Å². The van der Waals surface area contributed by atoms with Crippen molar-refractivity contribution in [2.75, 3.05) is 36.4 Å². The molecule has 154 valence electrons. The number of benzene rings is 2. The zero-order valence-electron chi connectivity index (χ0n) is 16.8. The molecule has 1 saturated heterocycles. The predicted molar refractivity (Wildman–Crippen MR) is 115 cm³/mol. The molecule has 8 heteroatoms. The summed E-state index contributed by atoms with van der Waals surface area (Å²) >= 11 is 0. The van der Waals surface area contributed by atoms with E-state index < -0.39 is 5.82 Å². The molecule has 0 aliphatic carbocycles. The first kappa shape index (κ1) is 18.6. The van der Waals surface area contributed by atoms with Gasteiger partial charge in [0, 0.05) is 56.2 Å². The number of piperazine rings is 1. The second-order valence-corrected chi connectivity index (χ2v) is 7.62. The fourth-order valence-corrected chi connectivity index (χ4v) is 4.06. The van der Waals surface area contributed by atoms with Crippen LogP contribution in [0, 0.1) is 12.7 Å². The van der Waals surface area contributed by atoms with Gasteiger partial charge in [-0.1, -0.05) is 0 Å². The highest BCUT2D eigenvalue weighted by Gasteiger charge is 2.21. The third-order valence-corrected chi connectivity index (χ3v) is 5.43. The Morgan fingerprint density at radius 2 is 2.00 bits per heavy atom. The smallest absolute Gasteiger partial charge is 0.259 e. The van der Waals surface area contributed by atoms with Crippen molar-refractivity contribution in [1.29, 1.82) is 0 Å². The van der Waals surface area contributed by atoms with Crippen molar-refractivity contribution in [3.05, 3.63) is 53.7 Å². The summed E-state index contributed by atoms with van der Waals surface area (Å²) in [5, 5.41) is 11.7. The molecule has 30 heavy (non-hydrogen) atoms. The number of aryl methyl sites for hydroxylation is 2. The molecule has 2 N–H and O–H groups in total. The Morgan fingerprint density at radius 3 is 2.80 bits per heavy atom. The van der Waals surface area contributed by atoms with E-state index >= 15 is 0 Å². The highest BCUT2D eigenvalue weighted by Crippen LogP contribution is 2.33. The number of furan rings is 1. The zero-order valence-corrected chi connectivity index (χ0v) is 16.8. The molecule has 5 rings (SSSR count). The average Bonchev–Trinajstić information content (AvgIpc) is 3.29. The lowest BCUT2D eigenvalue weighted by Gasteiger charge is -2.30. The number of amides is 1. The topological polar surface area (TPSA) is 75.3 Å². The van der Waals surface area contributed by atoms with E-state index in [9.17, 15) is 9.18 Å². The summed E-state index contributed by atoms with van der Waals surface area (Å²) in [6.07, 6.45) is 1.61. The molecule has 0 atom stereocenters. The minimum atomic E-state index is -0.427. The van der Waals surface area contributed by atoms with Gasteiger partial charge in [-0.2, -0.15) is 5.10 Å². The summed E-state index contributed by atoms with van der Waals surface area (Å²) in [6, 6.07) is 8.66. The third kappa shape index (κ3) is 3.19. The van der Waals surface area contributed by atoms with Crippen LogP contribution in [0.1, 0.15) is 16.1 Å². The SMILES string of the molecule is Cc1cc2c(N3CCNCC3)ccc(C(=O)Nc3cc(F)c4cn(C)nc4c3)c2o1. The number of aromatic nitrogens is 2. The molecule has 1 aliphatic heterocycles. The average molecular weight is 407 g/mol. The maximum Gasteiger partial charge on any atom is 0.259 e. The number of halogens is 1. The van der Waals surface area contributed by atoms with Crippen LogP contribution >= 0.6 is 0 Å². The molecule has 1 aliphatic rings. The third-order valence-electron chi connectivity index (χ3n) is 5.43. The molecule has 0 radical (unpaired) electrons. The summed E-state index contributed by atoms with van der Waals surface area (Å²) in [5.74, 6) is -0.0394. The first-order chi connectivity index (χ1) is 14.5. The van der Waals surface area contributed by atoms with Crippen LogP contribution in [0.3, 0.4) is 0 Å². The van der Waals surface area contributed by atoms with Gasteiger partial charge in [0.05, 0.1) is 16.5 Å². The number of carbonyl (C=O) groups is 1. The summed E-state index contributed by atoms with van der Waals surface area (Å²) in [6.45, 7) is 5.50. The van der Waals surface area contributed by atoms with E-state index in [0.717, 1.165) is 43.0 Å². The minimum Gasteiger partial charge on any atom is -0.460 e. The van der Waals surface area contributed by atoms with E-state index in [-0.39, 0.29) is 5.91 Å². The van der Waals surface area contributed by atoms with Gasteiger partial charge in [0.25, 0.3) is 5.91 Å². The Kier molecular flexibility index (Phi) is 4.43. The fraction of sp³-hybridized carbons (Fsp3) is 0.273. The van der Waals surface area contributed by atoms with Crippen molar-refractivity contribution in [2.45, 2.75) is 6.92 Å². The molecule has 0 unspecified atom stereocenters. The minimum absolute atomic E-state index is 0.351. The molecule has 0 saturated carbocycles. The molecule has 3 heterocycles. The van der Waals surface area contributed by atoms with Crippen molar-refractivity contribution >= 4 is 39.2 Å². The number of hydrogen-bond donors (Lipinski definition) is 2. The van der Waals surface area contributed by atoms with Gasteiger partial charge in [-0.25, -0.2) is 4.39 Å². The van der Waals surface area contributed by atoms with Crippen LogP contribution in [-0.2, 0) is 7.05 Å². The number of rotatable bonds is 3. The molecule has 1 fully saturated rings. The number of fused-ring (bicyclic) bond motifs is 2. The molecular formula is C22H22FN5O2. The molecule has 2 aromatic heterocycles. The first-order valence-corrected chi connectivity index (χ1v) is 9.92. The van der Waals surface area contributed by atoms with Gasteiger partial charge in [-0.15, -0.1) is 0 Å². The Morgan fingerprint density at radius 1 is 1.20 bits per heavy atom. The van der Waals surface area contributed by atoms with E-state index in [0.29, 0.717) is 27.7 Å². The lowest BCUT2D eigenvalue weighted by atomic mass is 10.1. The van der Waals surface area contributed by atoms with E-state index in [1.54, 1.807) is 30.1 Å². The van der Waals surface area contributed by atoms with Gasteiger partial charge in [0.15, 0.2) is 0 Å². The van der Waals surface area contributed by atoms with Gasteiger partial charge in [0.2, 0.25) is 0 Å². The normalized spacial score (nSPS) is 14.6. The molecule has 0 spiro atoms. The van der Waals surface area contributed by atoms with Crippen molar-refractivity contribution in [3.8, 4) is 0 Å². The summed E-state index contributed by atoms with van der Waals surface area (Å²) in [5.41, 5.74) is 2.85. The van der Waals surface area contributed by atoms with Crippen LogP contribution in [0.25, 0.3) is 21.9 Å². The van der Waals surface area contributed by atoms with Gasteiger partial charge in [-0.05, 0) is 37.3 Å². The standard InChI is InChI=1S/C22H22FN5O2/c1-13-9-16-20(28-7-5-24-6-8-28)4-3-15(21(16)30-13)22(29)25-14-10-18(23)17-12-27(2)26-19(17)11-14/h3-4,9-12,24H,5-8H2,1-2H3,(H,25,29). The molecule has 4 aromatic rings.